The van der Waals surface area contributed by atoms with Crippen molar-refractivity contribution in [1.82, 2.24) is 9.88 Å². The van der Waals surface area contributed by atoms with Gasteiger partial charge in [-0.25, -0.2) is 22.8 Å². The molecule has 1 aliphatic heterocycles. The van der Waals surface area contributed by atoms with Crippen molar-refractivity contribution >= 4 is 22.8 Å². The lowest BCUT2D eigenvalue weighted by Crippen LogP contribution is -2.48. The van der Waals surface area contributed by atoms with E-state index in [-0.39, 0.29) is 56.4 Å². The average Bonchev–Trinajstić information content (AvgIpc) is 3.39. The fourth-order valence-electron chi connectivity index (χ4n) is 6.54. The number of H-pyrrole nitrogens is 1. The highest BCUT2D eigenvalue weighted by Gasteiger charge is 2.41. The molecule has 3 atom stereocenters. The van der Waals surface area contributed by atoms with Crippen molar-refractivity contribution in [2.75, 3.05) is 39.6 Å². The molecule has 4 rings (SSSR count). The lowest BCUT2D eigenvalue weighted by Gasteiger charge is -2.43. The molecule has 1 N–H and O–H groups in total. The molecule has 0 amide bonds. The van der Waals surface area contributed by atoms with Crippen LogP contribution in [-0.4, -0.2) is 84.8 Å². The summed E-state index contributed by atoms with van der Waals surface area (Å²) in [7, 11) is 0. The third kappa shape index (κ3) is 11.7. The molecule has 282 valence electrons. The number of rotatable bonds is 18. The second-order valence-corrected chi connectivity index (χ2v) is 14.7. The van der Waals surface area contributed by atoms with E-state index in [4.69, 9.17) is 23.7 Å². The van der Waals surface area contributed by atoms with Crippen LogP contribution in [0.4, 0.5) is 13.2 Å². The fraction of sp³-hybridized carbons (Fsp3) is 0.590. The Hall–Kier alpha value is -3.61. The molecule has 2 aromatic carbocycles. The zero-order chi connectivity index (χ0) is 37.3. The second kappa shape index (κ2) is 17.7. The molecular formula is C39H53F3N2O7. The zero-order valence-corrected chi connectivity index (χ0v) is 30.9. The van der Waals surface area contributed by atoms with Gasteiger partial charge in [-0.2, -0.15) is 0 Å². The maximum Gasteiger partial charge on any atom is 0.332 e. The lowest BCUT2D eigenvalue weighted by molar-refractivity contribution is -0.162. The van der Waals surface area contributed by atoms with Gasteiger partial charge in [-0.05, 0) is 92.2 Å². The number of nitrogens with one attached hydrogen (secondary N) is 1. The number of aromatic nitrogens is 1. The van der Waals surface area contributed by atoms with E-state index in [0.717, 1.165) is 16.5 Å². The third-order valence-corrected chi connectivity index (χ3v) is 8.54. The van der Waals surface area contributed by atoms with Crippen LogP contribution in [0, 0.1) is 11.6 Å². The van der Waals surface area contributed by atoms with Gasteiger partial charge in [0.25, 0.3) is 0 Å². The van der Waals surface area contributed by atoms with Gasteiger partial charge in [0.2, 0.25) is 0 Å². The van der Waals surface area contributed by atoms with E-state index >= 15 is 13.2 Å². The van der Waals surface area contributed by atoms with Crippen molar-refractivity contribution in [2.24, 2.45) is 0 Å². The van der Waals surface area contributed by atoms with Crippen LogP contribution in [0.25, 0.3) is 10.9 Å². The summed E-state index contributed by atoms with van der Waals surface area (Å²) in [5.74, 6) is -2.46. The van der Waals surface area contributed by atoms with Crippen LogP contribution < -0.4 is 4.74 Å². The van der Waals surface area contributed by atoms with Crippen LogP contribution in [-0.2, 0) is 35.0 Å². The number of halogens is 3. The standard InChI is InChI=1S/C39H53F3N2O7/c1-8-48-33(45)22-47-17-11-13-26(50-23-34(46)51-38(3,4)5)14-12-18-49-27-20-30(40)35(31(41)21-27)37-36-29(28-15-9-10-16-32(28)43-36)19-25(2)44(37)24-39(6,7)42/h9-10,15-16,20-21,25-26,37,43H,8,11-14,17-19,22-24H2,1-7H3/t25-,26?,37?/m1/s1. The number of para-hydroxylation sites is 1. The summed E-state index contributed by atoms with van der Waals surface area (Å²) in [6.45, 7) is 12.2. The first-order chi connectivity index (χ1) is 24.1. The summed E-state index contributed by atoms with van der Waals surface area (Å²) in [5, 5.41) is 0.988. The molecule has 1 aromatic heterocycles. The Morgan fingerprint density at radius 1 is 0.980 bits per heavy atom. The molecule has 0 saturated heterocycles. The van der Waals surface area contributed by atoms with Gasteiger partial charge in [0, 0.05) is 53.5 Å². The maximum atomic E-state index is 16.0. The first-order valence-electron chi connectivity index (χ1n) is 17.8. The molecule has 2 heterocycles. The highest BCUT2D eigenvalue weighted by molar-refractivity contribution is 5.85. The number of carbonyl (C=O) groups is 2. The number of carbonyl (C=O) groups excluding carboxylic acids is 2. The summed E-state index contributed by atoms with van der Waals surface area (Å²) >= 11 is 0. The molecule has 1 aliphatic rings. The van der Waals surface area contributed by atoms with Crippen LogP contribution in [0.3, 0.4) is 0 Å². The number of esters is 2. The molecule has 12 heteroatoms. The van der Waals surface area contributed by atoms with Crippen molar-refractivity contribution in [3.05, 3.63) is 64.9 Å². The van der Waals surface area contributed by atoms with Gasteiger partial charge in [-0.15, -0.1) is 0 Å². The summed E-state index contributed by atoms with van der Waals surface area (Å²) < 4.78 is 74.5. The summed E-state index contributed by atoms with van der Waals surface area (Å²) in [4.78, 5) is 29.0. The van der Waals surface area contributed by atoms with E-state index in [0.29, 0.717) is 44.4 Å². The smallest absolute Gasteiger partial charge is 0.332 e. The van der Waals surface area contributed by atoms with Crippen molar-refractivity contribution in [1.29, 1.82) is 0 Å². The first kappa shape index (κ1) is 40.2. The quantitative estimate of drug-likeness (QED) is 0.105. The van der Waals surface area contributed by atoms with Crippen LogP contribution in [0.2, 0.25) is 0 Å². The van der Waals surface area contributed by atoms with Crippen LogP contribution in [0.1, 0.15) is 97.0 Å². The Bertz CT molecular complexity index is 1590. The number of nitrogens with zero attached hydrogens (tertiary/aromatic N) is 1. The van der Waals surface area contributed by atoms with E-state index in [9.17, 15) is 9.59 Å². The highest BCUT2D eigenvalue weighted by Crippen LogP contribution is 2.43. The van der Waals surface area contributed by atoms with Crippen LogP contribution in [0.5, 0.6) is 5.75 Å². The molecular weight excluding hydrogens is 665 g/mol. The number of hydrogen-bond acceptors (Lipinski definition) is 8. The lowest BCUT2D eigenvalue weighted by atomic mass is 9.87. The number of ether oxygens (including phenoxy) is 5. The monoisotopic (exact) mass is 718 g/mol. The minimum absolute atomic E-state index is 0.0144. The Labute approximate surface area is 299 Å². The predicted octanol–water partition coefficient (Wildman–Crippen LogP) is 7.78. The predicted molar refractivity (Wildman–Crippen MR) is 189 cm³/mol. The van der Waals surface area contributed by atoms with Crippen molar-refractivity contribution in [3.8, 4) is 5.75 Å². The Balaban J connectivity index is 1.43. The molecule has 0 saturated carbocycles. The van der Waals surface area contributed by atoms with Crippen LogP contribution in [0.15, 0.2) is 36.4 Å². The Morgan fingerprint density at radius 3 is 2.29 bits per heavy atom. The van der Waals surface area contributed by atoms with Gasteiger partial charge in [-0.1, -0.05) is 18.2 Å². The summed E-state index contributed by atoms with van der Waals surface area (Å²) in [5.41, 5.74) is 0.0833. The summed E-state index contributed by atoms with van der Waals surface area (Å²) in [6.07, 6.45) is 2.30. The Morgan fingerprint density at radius 2 is 1.65 bits per heavy atom. The number of hydrogen-bond donors (Lipinski definition) is 1. The van der Waals surface area contributed by atoms with E-state index in [1.54, 1.807) is 27.7 Å². The van der Waals surface area contributed by atoms with Gasteiger partial charge < -0.3 is 28.7 Å². The first-order valence-corrected chi connectivity index (χ1v) is 17.8. The largest absolute Gasteiger partial charge is 0.493 e. The zero-order valence-electron chi connectivity index (χ0n) is 30.9. The third-order valence-electron chi connectivity index (χ3n) is 8.54. The molecule has 0 radical (unpaired) electrons. The second-order valence-electron chi connectivity index (χ2n) is 14.7. The number of alkyl halides is 1. The SMILES string of the molecule is CCOC(=O)COCCCC(CCCOc1cc(F)c(C2c3[nH]c4ccccc4c3C[C@@H](C)N2CC(C)(C)F)c(F)c1)OCC(=O)OC(C)(C)C. The van der Waals surface area contributed by atoms with E-state index in [2.05, 4.69) is 4.98 Å². The molecule has 0 bridgehead atoms. The molecule has 2 unspecified atom stereocenters. The molecule has 0 spiro atoms. The number of benzene rings is 2. The molecule has 0 aliphatic carbocycles. The van der Waals surface area contributed by atoms with Crippen molar-refractivity contribution in [2.45, 2.75) is 110 Å². The van der Waals surface area contributed by atoms with Gasteiger partial charge in [0.1, 0.15) is 41.9 Å². The number of aromatic amines is 1. The minimum Gasteiger partial charge on any atom is -0.493 e. The topological polar surface area (TPSA) is 99.3 Å². The number of fused-ring (bicyclic) bond motifs is 3. The minimum atomic E-state index is -1.60. The van der Waals surface area contributed by atoms with Gasteiger partial charge >= 0.3 is 11.9 Å². The van der Waals surface area contributed by atoms with E-state index in [1.807, 2.05) is 36.1 Å². The Kier molecular flexibility index (Phi) is 14.0. The van der Waals surface area contributed by atoms with Gasteiger partial charge in [0.05, 0.1) is 25.4 Å². The summed E-state index contributed by atoms with van der Waals surface area (Å²) in [6, 6.07) is 9.04. The molecule has 3 aromatic rings. The highest BCUT2D eigenvalue weighted by atomic mass is 19.1. The van der Waals surface area contributed by atoms with Crippen LogP contribution >= 0.6 is 0 Å². The van der Waals surface area contributed by atoms with Gasteiger partial charge in [0.15, 0.2) is 0 Å². The molecule has 9 nitrogen and oxygen atoms in total. The average molecular weight is 719 g/mol. The van der Waals surface area contributed by atoms with E-state index in [1.165, 1.54) is 26.0 Å². The van der Waals surface area contributed by atoms with Crippen molar-refractivity contribution < 1.29 is 46.4 Å². The van der Waals surface area contributed by atoms with E-state index < -0.39 is 40.9 Å². The van der Waals surface area contributed by atoms with Gasteiger partial charge in [-0.3, -0.25) is 4.90 Å². The normalized spacial score (nSPS) is 17.3. The molecule has 51 heavy (non-hydrogen) atoms. The van der Waals surface area contributed by atoms with Crippen molar-refractivity contribution in [3.63, 3.8) is 0 Å². The fourth-order valence-corrected chi connectivity index (χ4v) is 6.54. The molecule has 0 fully saturated rings. The maximum absolute atomic E-state index is 16.0.